The van der Waals surface area contributed by atoms with Crippen molar-refractivity contribution in [2.75, 3.05) is 4.72 Å². The van der Waals surface area contributed by atoms with E-state index in [1.807, 2.05) is 49.4 Å². The van der Waals surface area contributed by atoms with Gasteiger partial charge in [0.15, 0.2) is 0 Å². The van der Waals surface area contributed by atoms with Gasteiger partial charge < -0.3 is 4.74 Å². The summed E-state index contributed by atoms with van der Waals surface area (Å²) in [5.41, 5.74) is 1.92. The average Bonchev–Trinajstić information content (AvgIpc) is 2.73. The van der Waals surface area contributed by atoms with Crippen LogP contribution < -0.4 is 9.46 Å². The molecule has 6 nitrogen and oxygen atoms in total. The monoisotopic (exact) mass is 405 g/mol. The van der Waals surface area contributed by atoms with Gasteiger partial charge in [0.05, 0.1) is 4.90 Å². The lowest BCUT2D eigenvalue weighted by Crippen LogP contribution is -2.15. The molecule has 0 unspecified atom stereocenters. The number of fused-ring (bicyclic) bond motifs is 1. The number of nitrogens with zero attached hydrogens (tertiary/aromatic N) is 2. The molecule has 0 saturated heterocycles. The van der Waals surface area contributed by atoms with Crippen molar-refractivity contribution in [2.24, 2.45) is 0 Å². The van der Waals surface area contributed by atoms with Gasteiger partial charge in [0, 0.05) is 12.4 Å². The van der Waals surface area contributed by atoms with Crippen LogP contribution >= 0.6 is 0 Å². The van der Waals surface area contributed by atoms with Crippen LogP contribution in [0.1, 0.15) is 11.1 Å². The number of anilines is 1. The molecule has 0 radical (unpaired) electrons. The second-order valence-corrected chi connectivity index (χ2v) is 8.28. The standard InChI is InChI=1S/C22H19N3O3S/c1-16-6-10-20(11-7-16)29(26,27)25-21-22(24-13-12-23-21)28-15-17-8-9-18-4-2-3-5-19(18)14-17/h2-14H,15H2,1H3,(H,23,25). The van der Waals surface area contributed by atoms with E-state index >= 15 is 0 Å². The highest BCUT2D eigenvalue weighted by Crippen LogP contribution is 2.23. The van der Waals surface area contributed by atoms with Gasteiger partial charge in [-0.05, 0) is 41.5 Å². The molecule has 0 atom stereocenters. The van der Waals surface area contributed by atoms with E-state index in [2.05, 4.69) is 14.7 Å². The molecule has 0 amide bonds. The highest BCUT2D eigenvalue weighted by Gasteiger charge is 2.18. The van der Waals surface area contributed by atoms with Crippen molar-refractivity contribution in [3.63, 3.8) is 0 Å². The third kappa shape index (κ3) is 4.35. The number of ether oxygens (including phenoxy) is 1. The molecular weight excluding hydrogens is 386 g/mol. The Morgan fingerprint density at radius 1 is 0.897 bits per heavy atom. The van der Waals surface area contributed by atoms with Crippen LogP contribution in [0.2, 0.25) is 0 Å². The molecule has 3 aromatic carbocycles. The zero-order chi connectivity index (χ0) is 20.3. The summed E-state index contributed by atoms with van der Waals surface area (Å²) >= 11 is 0. The lowest BCUT2D eigenvalue weighted by atomic mass is 10.1. The van der Waals surface area contributed by atoms with E-state index in [9.17, 15) is 8.42 Å². The number of benzene rings is 3. The van der Waals surface area contributed by atoms with Crippen molar-refractivity contribution in [1.29, 1.82) is 0 Å². The largest absolute Gasteiger partial charge is 0.470 e. The summed E-state index contributed by atoms with van der Waals surface area (Å²) < 4.78 is 33.5. The van der Waals surface area contributed by atoms with Gasteiger partial charge in [0.1, 0.15) is 6.61 Å². The van der Waals surface area contributed by atoms with E-state index in [1.54, 1.807) is 24.3 Å². The van der Waals surface area contributed by atoms with Gasteiger partial charge in [-0.1, -0.05) is 54.1 Å². The molecule has 29 heavy (non-hydrogen) atoms. The highest BCUT2D eigenvalue weighted by atomic mass is 32.2. The summed E-state index contributed by atoms with van der Waals surface area (Å²) in [6.07, 6.45) is 2.87. The van der Waals surface area contributed by atoms with E-state index in [0.717, 1.165) is 21.9 Å². The van der Waals surface area contributed by atoms with Gasteiger partial charge in [0.2, 0.25) is 5.82 Å². The Bertz CT molecular complexity index is 1260. The van der Waals surface area contributed by atoms with Crippen molar-refractivity contribution in [3.05, 3.63) is 90.3 Å². The number of aromatic nitrogens is 2. The highest BCUT2D eigenvalue weighted by molar-refractivity contribution is 7.92. The number of aryl methyl sites for hydroxylation is 1. The summed E-state index contributed by atoms with van der Waals surface area (Å²) in [5.74, 6) is 0.171. The smallest absolute Gasteiger partial charge is 0.263 e. The maximum Gasteiger partial charge on any atom is 0.263 e. The van der Waals surface area contributed by atoms with Crippen molar-refractivity contribution in [1.82, 2.24) is 9.97 Å². The zero-order valence-electron chi connectivity index (χ0n) is 15.7. The Kier molecular flexibility index (Phi) is 5.14. The van der Waals surface area contributed by atoms with Crippen LogP contribution in [0.25, 0.3) is 10.8 Å². The lowest BCUT2D eigenvalue weighted by molar-refractivity contribution is 0.294. The lowest BCUT2D eigenvalue weighted by Gasteiger charge is -2.12. The number of hydrogen-bond acceptors (Lipinski definition) is 5. The first-order valence-electron chi connectivity index (χ1n) is 9.02. The average molecular weight is 405 g/mol. The molecule has 0 aliphatic carbocycles. The van der Waals surface area contributed by atoms with Crippen molar-refractivity contribution in [2.45, 2.75) is 18.4 Å². The quantitative estimate of drug-likeness (QED) is 0.517. The second-order valence-electron chi connectivity index (χ2n) is 6.60. The van der Waals surface area contributed by atoms with E-state index in [0.29, 0.717) is 0 Å². The second kappa shape index (κ2) is 7.89. The third-order valence-corrected chi connectivity index (χ3v) is 5.77. The van der Waals surface area contributed by atoms with E-state index in [4.69, 9.17) is 4.74 Å². The van der Waals surface area contributed by atoms with Crippen molar-refractivity contribution < 1.29 is 13.2 Å². The summed E-state index contributed by atoms with van der Waals surface area (Å²) in [4.78, 5) is 8.38. The zero-order valence-corrected chi connectivity index (χ0v) is 16.6. The first-order valence-corrected chi connectivity index (χ1v) is 10.5. The summed E-state index contributed by atoms with van der Waals surface area (Å²) in [6.45, 7) is 2.13. The summed E-state index contributed by atoms with van der Waals surface area (Å²) in [6, 6.07) is 20.6. The fourth-order valence-corrected chi connectivity index (χ4v) is 3.89. The number of nitrogens with one attached hydrogen (secondary N) is 1. The maximum absolute atomic E-state index is 12.7. The summed E-state index contributed by atoms with van der Waals surface area (Å²) in [5, 5.41) is 2.25. The Hall–Kier alpha value is -3.45. The van der Waals surface area contributed by atoms with Crippen LogP contribution in [-0.2, 0) is 16.6 Å². The van der Waals surface area contributed by atoms with Crippen molar-refractivity contribution in [3.8, 4) is 5.88 Å². The molecule has 4 aromatic rings. The Morgan fingerprint density at radius 2 is 1.62 bits per heavy atom. The Morgan fingerprint density at radius 3 is 2.41 bits per heavy atom. The first-order chi connectivity index (χ1) is 14.0. The topological polar surface area (TPSA) is 81.2 Å². The molecular formula is C22H19N3O3S. The number of sulfonamides is 1. The van der Waals surface area contributed by atoms with Gasteiger partial charge >= 0.3 is 0 Å². The fraction of sp³-hybridized carbons (Fsp3) is 0.0909. The van der Waals surface area contributed by atoms with Crippen LogP contribution in [0.5, 0.6) is 5.88 Å². The first kappa shape index (κ1) is 18.9. The molecule has 0 aliphatic rings. The van der Waals surface area contributed by atoms with Crippen LogP contribution in [0.3, 0.4) is 0 Å². The molecule has 4 rings (SSSR count). The molecule has 1 aromatic heterocycles. The van der Waals surface area contributed by atoms with Crippen LogP contribution in [0.4, 0.5) is 5.82 Å². The Labute approximate surface area is 169 Å². The van der Waals surface area contributed by atoms with Crippen LogP contribution in [0.15, 0.2) is 84.0 Å². The third-order valence-electron chi connectivity index (χ3n) is 4.42. The SMILES string of the molecule is Cc1ccc(S(=O)(=O)Nc2nccnc2OCc2ccc3ccccc3c2)cc1. The molecule has 0 fully saturated rings. The van der Waals surface area contributed by atoms with Gasteiger partial charge in [-0.25, -0.2) is 18.4 Å². The van der Waals surface area contributed by atoms with Gasteiger partial charge in [0.25, 0.3) is 15.9 Å². The minimum Gasteiger partial charge on any atom is -0.470 e. The summed E-state index contributed by atoms with van der Waals surface area (Å²) in [7, 11) is -3.80. The molecule has 0 spiro atoms. The minimum absolute atomic E-state index is 0.0499. The van der Waals surface area contributed by atoms with Gasteiger partial charge in [-0.15, -0.1) is 0 Å². The molecule has 1 heterocycles. The van der Waals surface area contributed by atoms with E-state index < -0.39 is 10.0 Å². The van der Waals surface area contributed by atoms with Gasteiger partial charge in [-0.2, -0.15) is 0 Å². The fourth-order valence-electron chi connectivity index (χ4n) is 2.88. The number of hydrogen-bond donors (Lipinski definition) is 1. The van der Waals surface area contributed by atoms with Crippen LogP contribution in [-0.4, -0.2) is 18.4 Å². The normalized spacial score (nSPS) is 11.3. The molecule has 0 aliphatic heterocycles. The molecule has 7 heteroatoms. The Balaban J connectivity index is 1.54. The van der Waals surface area contributed by atoms with Crippen molar-refractivity contribution >= 4 is 26.6 Å². The van der Waals surface area contributed by atoms with E-state index in [-0.39, 0.29) is 23.2 Å². The van der Waals surface area contributed by atoms with Crippen LogP contribution in [0, 0.1) is 6.92 Å². The molecule has 0 bridgehead atoms. The molecule has 0 saturated carbocycles. The maximum atomic E-state index is 12.7. The molecule has 146 valence electrons. The predicted molar refractivity (Wildman–Crippen MR) is 112 cm³/mol. The predicted octanol–water partition coefficient (Wildman–Crippen LogP) is 4.32. The number of rotatable bonds is 6. The van der Waals surface area contributed by atoms with Gasteiger partial charge in [-0.3, -0.25) is 4.72 Å². The van der Waals surface area contributed by atoms with E-state index in [1.165, 1.54) is 12.4 Å². The molecule has 1 N–H and O–H groups in total. The minimum atomic E-state index is -3.80.